The van der Waals surface area contributed by atoms with Crippen molar-refractivity contribution in [2.75, 3.05) is 0 Å². The van der Waals surface area contributed by atoms with Crippen molar-refractivity contribution < 1.29 is 9.90 Å². The third kappa shape index (κ3) is 40.8. The fourth-order valence-corrected chi connectivity index (χ4v) is 6.47. The Hall–Kier alpha value is 0.969. The first-order valence-electron chi connectivity index (χ1n) is 10.1. The molecule has 0 aliphatic heterocycles. The van der Waals surface area contributed by atoms with Gasteiger partial charge in [0.25, 0.3) is 0 Å². The molecule has 2 nitrogen and oxygen atoms in total. The van der Waals surface area contributed by atoms with E-state index in [0.29, 0.717) is 6.42 Å². The van der Waals surface area contributed by atoms with Crippen LogP contribution in [0.15, 0.2) is 0 Å². The van der Waals surface area contributed by atoms with Gasteiger partial charge in [0.1, 0.15) is 0 Å². The van der Waals surface area contributed by atoms with Crippen molar-refractivity contribution in [1.82, 2.24) is 0 Å². The summed E-state index contributed by atoms with van der Waals surface area (Å²) in [6.07, 6.45) is 17.3. The molecule has 0 aliphatic rings. The van der Waals surface area contributed by atoms with E-state index in [9.17, 15) is 4.79 Å². The Bertz CT molecular complexity index is 224. The average Bonchev–Trinajstić information content (AvgIpc) is 2.54. The van der Waals surface area contributed by atoms with Gasteiger partial charge < -0.3 is 5.11 Å². The molecule has 0 rings (SSSR count). The van der Waals surface area contributed by atoms with Crippen LogP contribution in [0, 0.1) is 0 Å². The van der Waals surface area contributed by atoms with Crippen molar-refractivity contribution in [3.8, 4) is 0 Å². The third-order valence-electron chi connectivity index (χ3n) is 3.91. The topological polar surface area (TPSA) is 37.3 Å². The molecule has 0 aliphatic carbocycles. The molecule has 2 radical (unpaired) electrons. The van der Waals surface area contributed by atoms with Gasteiger partial charge in [0, 0.05) is 6.42 Å². The van der Waals surface area contributed by atoms with Gasteiger partial charge >= 0.3 is 75.5 Å². The molecule has 0 spiro atoms. The molecular weight excluding hydrogens is 455 g/mol. The summed E-state index contributed by atoms with van der Waals surface area (Å²) in [6.45, 7) is 6.81. The Morgan fingerprint density at radius 2 is 1.00 bits per heavy atom. The number of aliphatic carboxylic acids is 1. The Morgan fingerprint density at radius 1 is 0.640 bits per heavy atom. The van der Waals surface area contributed by atoms with E-state index in [-0.39, 0.29) is 48.1 Å². The van der Waals surface area contributed by atoms with E-state index < -0.39 is 5.97 Å². The number of hydrogen-bond acceptors (Lipinski definition) is 1. The molecule has 1 N–H and O–H groups in total. The van der Waals surface area contributed by atoms with Gasteiger partial charge in [0.05, 0.1) is 0 Å². The van der Waals surface area contributed by atoms with E-state index in [1.165, 1.54) is 70.6 Å². The Kier molecular flexibility index (Phi) is 43.8. The van der Waals surface area contributed by atoms with E-state index in [2.05, 4.69) is 20.8 Å². The van der Waals surface area contributed by atoms with Gasteiger partial charge in [-0.25, -0.2) is 0 Å². The fraction of sp³-hybridized carbons (Fsp3) is 0.950. The third-order valence-corrected chi connectivity index (χ3v) is 7.94. The number of rotatable bonds is 16. The maximum absolute atomic E-state index is 10.2. The minimum absolute atomic E-state index is 0. The summed E-state index contributed by atoms with van der Waals surface area (Å²) >= 11 is 0.149. The number of hydrogen-bond donors (Lipinski definition) is 1. The van der Waals surface area contributed by atoms with Crippen molar-refractivity contribution >= 4 is 54.1 Å². The maximum atomic E-state index is 10.2. The second-order valence-electron chi connectivity index (χ2n) is 6.43. The predicted octanol–water partition coefficient (Wildman–Crippen LogP) is 7.34. The molecule has 0 amide bonds. The molecule has 5 heteroatoms. The van der Waals surface area contributed by atoms with Crippen LogP contribution in [0.1, 0.15) is 111 Å². The zero-order valence-corrected chi connectivity index (χ0v) is 22.0. The molecule has 0 aromatic carbocycles. The molecule has 0 fully saturated rings. The molecule has 0 heterocycles. The van der Waals surface area contributed by atoms with Crippen molar-refractivity contribution in [2.24, 2.45) is 0 Å². The van der Waals surface area contributed by atoms with Crippen molar-refractivity contribution in [3.63, 3.8) is 0 Å². The standard InChI is InChI=1S/C12H24O2.2C4H9.2H2S.Sn/c1-2-3-4-5-6-7-8-9-10-11-12(13)14;2*1-3-4-2;;;/h2-11H2,1H3,(H,13,14);2*1,3-4H2,2H3;2*1H2;. The molecule has 0 atom stereocenters. The summed E-state index contributed by atoms with van der Waals surface area (Å²) in [7, 11) is 0. The summed E-state index contributed by atoms with van der Waals surface area (Å²) in [5.74, 6) is -0.659. The molecule has 25 heavy (non-hydrogen) atoms. The second-order valence-corrected chi connectivity index (χ2v) is 10.7. The first-order valence-corrected chi connectivity index (χ1v) is 14.1. The summed E-state index contributed by atoms with van der Waals surface area (Å²) < 4.78 is 3.25. The zero-order chi connectivity index (χ0) is 17.6. The van der Waals surface area contributed by atoms with Gasteiger partial charge in [-0.2, -0.15) is 27.0 Å². The number of carboxylic acid groups (broad SMARTS) is 1. The summed E-state index contributed by atoms with van der Waals surface area (Å²) in [5, 5.41) is 8.41. The van der Waals surface area contributed by atoms with Crippen LogP contribution < -0.4 is 0 Å². The van der Waals surface area contributed by atoms with Gasteiger partial charge in [0.2, 0.25) is 0 Å². The van der Waals surface area contributed by atoms with Crippen molar-refractivity contribution in [3.05, 3.63) is 0 Å². The Balaban J connectivity index is -0.000000177. The van der Waals surface area contributed by atoms with Crippen LogP contribution in [0.3, 0.4) is 0 Å². The zero-order valence-electron chi connectivity index (χ0n) is 17.2. The first kappa shape index (κ1) is 33.5. The second kappa shape index (κ2) is 32.6. The SMILES string of the molecule is CCCCCCCCCCCC(=O)O.CCC[CH2][Sn][CH2]CCC.S.S. The van der Waals surface area contributed by atoms with Crippen LogP contribution in [0.5, 0.6) is 0 Å². The van der Waals surface area contributed by atoms with E-state index in [1.54, 1.807) is 8.87 Å². The van der Waals surface area contributed by atoms with Gasteiger partial charge in [-0.3, -0.25) is 4.79 Å². The maximum Gasteiger partial charge on any atom is -0.197 e. The van der Waals surface area contributed by atoms with Crippen LogP contribution in [0.4, 0.5) is 0 Å². The number of carboxylic acids is 1. The molecule has 0 saturated carbocycles. The average molecular weight is 501 g/mol. The molecule has 0 saturated heterocycles. The Morgan fingerprint density at radius 3 is 1.36 bits per heavy atom. The quantitative estimate of drug-likeness (QED) is 0.177. The van der Waals surface area contributed by atoms with Crippen molar-refractivity contribution in [2.45, 2.75) is 120 Å². The predicted molar refractivity (Wildman–Crippen MR) is 125 cm³/mol. The van der Waals surface area contributed by atoms with E-state index in [1.807, 2.05) is 0 Å². The summed E-state index contributed by atoms with van der Waals surface area (Å²) in [4.78, 5) is 10.2. The number of carbonyl (C=O) groups is 1. The molecule has 0 unspecified atom stereocenters. The fourth-order valence-electron chi connectivity index (χ4n) is 2.32. The number of unbranched alkanes of at least 4 members (excludes halogenated alkanes) is 10. The van der Waals surface area contributed by atoms with E-state index in [0.717, 1.165) is 12.8 Å². The van der Waals surface area contributed by atoms with Gasteiger partial charge in [-0.05, 0) is 6.42 Å². The largest absolute Gasteiger partial charge is 0.197 e. The first-order chi connectivity index (χ1) is 11.2. The summed E-state index contributed by atoms with van der Waals surface area (Å²) in [5.41, 5.74) is 0. The van der Waals surface area contributed by atoms with E-state index >= 15 is 0 Å². The molecule has 0 aromatic heterocycles. The van der Waals surface area contributed by atoms with Crippen LogP contribution >= 0.6 is 27.0 Å². The van der Waals surface area contributed by atoms with E-state index in [4.69, 9.17) is 5.11 Å². The smallest absolute Gasteiger partial charge is 0.197 e. The van der Waals surface area contributed by atoms with Gasteiger partial charge in [-0.1, -0.05) is 58.3 Å². The van der Waals surface area contributed by atoms with Crippen LogP contribution in [-0.4, -0.2) is 32.2 Å². The monoisotopic (exact) mass is 502 g/mol. The summed E-state index contributed by atoms with van der Waals surface area (Å²) in [6, 6.07) is 0. The van der Waals surface area contributed by atoms with Gasteiger partial charge in [-0.15, -0.1) is 0 Å². The molecule has 0 aromatic rings. The minimum atomic E-state index is -0.659. The van der Waals surface area contributed by atoms with Crippen LogP contribution in [0.2, 0.25) is 8.87 Å². The normalized spacial score (nSPS) is 9.40. The minimum Gasteiger partial charge on any atom is -0.197 e. The molecule has 0 bridgehead atoms. The van der Waals surface area contributed by atoms with Gasteiger partial charge in [0.15, 0.2) is 0 Å². The van der Waals surface area contributed by atoms with Crippen molar-refractivity contribution in [1.29, 1.82) is 0 Å². The van der Waals surface area contributed by atoms with Crippen LogP contribution in [0.25, 0.3) is 0 Å². The Labute approximate surface area is 182 Å². The molecular formula is C20H46O2S2Sn. The molecule has 154 valence electrons. The van der Waals surface area contributed by atoms with Crippen LogP contribution in [-0.2, 0) is 4.79 Å².